The Labute approximate surface area is 294 Å². The third-order valence-electron chi connectivity index (χ3n) is 7.03. The molecule has 0 aliphatic rings. The van der Waals surface area contributed by atoms with Gasteiger partial charge in [0.2, 0.25) is 0 Å². The molecule has 0 unspecified atom stereocenters. The Morgan fingerprint density at radius 3 is 1.67 bits per heavy atom. The highest BCUT2D eigenvalue weighted by Gasteiger charge is 2.10. The van der Waals surface area contributed by atoms with Crippen molar-refractivity contribution in [3.63, 3.8) is 0 Å². The lowest BCUT2D eigenvalue weighted by Crippen LogP contribution is -2.05. The van der Waals surface area contributed by atoms with Crippen LogP contribution in [0.3, 0.4) is 0 Å². The lowest BCUT2D eigenvalue weighted by Gasteiger charge is -2.07. The number of nitrogens with zero attached hydrogens (tertiary/aromatic N) is 3. The van der Waals surface area contributed by atoms with Crippen LogP contribution in [0.2, 0.25) is 10.0 Å². The first kappa shape index (κ1) is 36.3. The van der Waals surface area contributed by atoms with Crippen molar-refractivity contribution in [2.45, 2.75) is 33.1 Å². The molecule has 7 nitrogen and oxygen atoms in total. The highest BCUT2D eigenvalue weighted by Crippen LogP contribution is 2.21. The van der Waals surface area contributed by atoms with Gasteiger partial charge in [0.15, 0.2) is 0 Å². The van der Waals surface area contributed by atoms with Gasteiger partial charge in [-0.2, -0.15) is 0 Å². The number of rotatable bonds is 5. The summed E-state index contributed by atoms with van der Waals surface area (Å²) < 4.78 is 9.38. The van der Waals surface area contributed by atoms with Crippen LogP contribution in [-0.2, 0) is 21.8 Å². The van der Waals surface area contributed by atoms with Gasteiger partial charge in [0.05, 0.1) is 46.4 Å². The highest BCUT2D eigenvalue weighted by atomic mass is 35.5. The van der Waals surface area contributed by atoms with Crippen molar-refractivity contribution in [3.8, 4) is 0 Å². The molecule has 6 aromatic rings. The van der Waals surface area contributed by atoms with E-state index >= 15 is 0 Å². The number of hydrogen-bond donors (Lipinski definition) is 0. The Hall–Kier alpha value is -4.56. The number of aryl methyl sites for hydroxylation is 3. The number of benzene rings is 3. The standard InChI is InChI=1S/C18H15ClN2O2.C10H7Cl2N.C10H12O2/c1-11-5-14(18(22)23-2)9-16(21-11)7-12-3-4-17-13(6-12)8-15(19)10-20-17;11-5-7-1-2-10-8(3-7)4-9(12)6-13-10;1-7-4-8(2)6-9(5-7)10(11)12-3/h3-6,8-10H,7H2,1-2H3;1-4,6H,5H2;4-6H,1-3H3. The minimum Gasteiger partial charge on any atom is -0.465 e. The van der Waals surface area contributed by atoms with Crippen molar-refractivity contribution in [2.24, 2.45) is 0 Å². The number of fused-ring (bicyclic) bond motifs is 2. The van der Waals surface area contributed by atoms with Crippen molar-refractivity contribution >= 4 is 68.5 Å². The number of aromatic nitrogens is 3. The molecule has 10 heteroatoms. The first-order valence-corrected chi connectivity index (χ1v) is 16.1. The topological polar surface area (TPSA) is 91.3 Å². The lowest BCUT2D eigenvalue weighted by atomic mass is 10.0. The van der Waals surface area contributed by atoms with E-state index in [2.05, 4.69) is 19.7 Å². The van der Waals surface area contributed by atoms with Crippen LogP contribution in [0.25, 0.3) is 21.8 Å². The Bertz CT molecular complexity index is 2070. The predicted octanol–water partition coefficient (Wildman–Crippen LogP) is 9.69. The molecular formula is C38H34Cl3N3O4. The molecule has 6 rings (SSSR count). The lowest BCUT2D eigenvalue weighted by molar-refractivity contribution is 0.0591. The number of halogens is 3. The molecule has 0 aliphatic carbocycles. The van der Waals surface area contributed by atoms with Crippen molar-refractivity contribution in [2.75, 3.05) is 14.2 Å². The summed E-state index contributed by atoms with van der Waals surface area (Å²) in [6, 6.07) is 24.8. The summed E-state index contributed by atoms with van der Waals surface area (Å²) in [6.07, 6.45) is 3.90. The van der Waals surface area contributed by atoms with Crippen LogP contribution in [0, 0.1) is 20.8 Å². The molecule has 0 aliphatic heterocycles. The number of carbonyl (C=O) groups excluding carboxylic acids is 2. The summed E-state index contributed by atoms with van der Waals surface area (Å²) in [5.41, 5.74) is 8.90. The number of hydrogen-bond acceptors (Lipinski definition) is 7. The molecule has 3 heterocycles. The smallest absolute Gasteiger partial charge is 0.337 e. The van der Waals surface area contributed by atoms with Crippen molar-refractivity contribution in [1.29, 1.82) is 0 Å². The van der Waals surface area contributed by atoms with E-state index in [9.17, 15) is 9.59 Å². The van der Waals surface area contributed by atoms with Crippen molar-refractivity contribution in [1.82, 2.24) is 15.0 Å². The summed E-state index contributed by atoms with van der Waals surface area (Å²) in [4.78, 5) is 35.8. The zero-order chi connectivity index (χ0) is 34.8. The molecule has 3 aromatic carbocycles. The SMILES string of the molecule is COC(=O)c1cc(C)cc(C)c1.COC(=O)c1cc(C)nc(Cc2ccc3ncc(Cl)cc3c2)c1.ClCc1ccc2ncc(Cl)cc2c1. The molecule has 0 radical (unpaired) electrons. The third kappa shape index (κ3) is 10.2. The molecule has 48 heavy (non-hydrogen) atoms. The number of alkyl halides is 1. The fraction of sp³-hybridized carbons (Fsp3) is 0.184. The van der Waals surface area contributed by atoms with Crippen LogP contribution in [0.1, 0.15) is 54.4 Å². The molecule has 0 bridgehead atoms. The van der Waals surface area contributed by atoms with Gasteiger partial charge < -0.3 is 9.47 Å². The van der Waals surface area contributed by atoms with E-state index in [4.69, 9.17) is 39.5 Å². The number of carbonyl (C=O) groups is 2. The summed E-state index contributed by atoms with van der Waals surface area (Å²) in [5, 5.41) is 3.28. The summed E-state index contributed by atoms with van der Waals surface area (Å²) in [6.45, 7) is 5.78. The van der Waals surface area contributed by atoms with E-state index in [-0.39, 0.29) is 11.9 Å². The number of ether oxygens (including phenoxy) is 2. The molecule has 0 saturated carbocycles. The fourth-order valence-corrected chi connectivity index (χ4v) is 5.48. The molecule has 0 fully saturated rings. The number of methoxy groups -OCH3 is 2. The van der Waals surface area contributed by atoms with Crippen LogP contribution in [-0.4, -0.2) is 41.1 Å². The van der Waals surface area contributed by atoms with Gasteiger partial charge >= 0.3 is 11.9 Å². The van der Waals surface area contributed by atoms with Crippen molar-refractivity contribution < 1.29 is 19.1 Å². The average molecular weight is 703 g/mol. The second-order valence-electron chi connectivity index (χ2n) is 11.0. The largest absolute Gasteiger partial charge is 0.465 e. The molecule has 0 amide bonds. The van der Waals surface area contributed by atoms with Gasteiger partial charge in [-0.05, 0) is 92.6 Å². The maximum absolute atomic E-state index is 11.7. The second-order valence-corrected chi connectivity index (χ2v) is 12.2. The number of esters is 2. The van der Waals surface area contributed by atoms with E-state index in [0.29, 0.717) is 33.5 Å². The number of pyridine rings is 3. The molecule has 0 atom stereocenters. The van der Waals surface area contributed by atoms with E-state index in [0.717, 1.165) is 55.4 Å². The highest BCUT2D eigenvalue weighted by molar-refractivity contribution is 6.31. The minimum absolute atomic E-state index is 0.276. The van der Waals surface area contributed by atoms with E-state index < -0.39 is 0 Å². The van der Waals surface area contributed by atoms with Gasteiger partial charge in [-0.15, -0.1) is 11.6 Å². The Morgan fingerprint density at radius 2 is 1.15 bits per heavy atom. The normalized spacial score (nSPS) is 10.4. The summed E-state index contributed by atoms with van der Waals surface area (Å²) in [5.74, 6) is -0.115. The van der Waals surface area contributed by atoms with Crippen molar-refractivity contribution in [3.05, 3.63) is 146 Å². The quantitative estimate of drug-likeness (QED) is 0.131. The van der Waals surface area contributed by atoms with Gasteiger partial charge in [0.25, 0.3) is 0 Å². The summed E-state index contributed by atoms with van der Waals surface area (Å²) in [7, 11) is 2.76. The third-order valence-corrected chi connectivity index (χ3v) is 7.76. The zero-order valence-corrected chi connectivity index (χ0v) is 29.5. The maximum Gasteiger partial charge on any atom is 0.337 e. The van der Waals surface area contributed by atoms with Crippen LogP contribution < -0.4 is 0 Å². The van der Waals surface area contributed by atoms with Gasteiger partial charge in [0, 0.05) is 46.9 Å². The van der Waals surface area contributed by atoms with Crippen LogP contribution in [0.4, 0.5) is 0 Å². The molecule has 246 valence electrons. The van der Waals surface area contributed by atoms with Crippen LogP contribution in [0.5, 0.6) is 0 Å². The van der Waals surface area contributed by atoms with E-state index in [1.807, 2.05) is 87.5 Å². The van der Waals surface area contributed by atoms with Gasteiger partial charge in [-0.25, -0.2) is 9.59 Å². The van der Waals surface area contributed by atoms with Gasteiger partial charge in [0.1, 0.15) is 0 Å². The molecular weight excluding hydrogens is 669 g/mol. The summed E-state index contributed by atoms with van der Waals surface area (Å²) >= 11 is 17.5. The Balaban J connectivity index is 0.000000177. The fourth-order valence-electron chi connectivity index (χ4n) is 4.98. The van der Waals surface area contributed by atoms with Gasteiger partial charge in [-0.3, -0.25) is 15.0 Å². The Kier molecular flexibility index (Phi) is 12.9. The molecule has 3 aromatic heterocycles. The molecule has 0 spiro atoms. The first-order chi connectivity index (χ1) is 23.0. The second kappa shape index (κ2) is 17.0. The monoisotopic (exact) mass is 701 g/mol. The van der Waals surface area contributed by atoms with E-state index in [1.54, 1.807) is 24.5 Å². The molecule has 0 N–H and O–H groups in total. The van der Waals surface area contributed by atoms with E-state index in [1.165, 1.54) is 14.2 Å². The van der Waals surface area contributed by atoms with Crippen LogP contribution >= 0.6 is 34.8 Å². The van der Waals surface area contributed by atoms with Gasteiger partial charge in [-0.1, -0.05) is 52.5 Å². The predicted molar refractivity (Wildman–Crippen MR) is 193 cm³/mol. The molecule has 0 saturated heterocycles. The average Bonchev–Trinajstić information content (AvgIpc) is 3.06. The zero-order valence-electron chi connectivity index (χ0n) is 27.2. The first-order valence-electron chi connectivity index (χ1n) is 14.8. The minimum atomic E-state index is -0.355. The maximum atomic E-state index is 11.7. The Morgan fingerprint density at radius 1 is 0.646 bits per heavy atom. The van der Waals surface area contributed by atoms with Crippen LogP contribution in [0.15, 0.2) is 91.3 Å².